The van der Waals surface area contributed by atoms with Gasteiger partial charge in [0.2, 0.25) is 0 Å². The lowest BCUT2D eigenvalue weighted by atomic mass is 10.2. The third kappa shape index (κ3) is 2.47. The highest BCUT2D eigenvalue weighted by Gasteiger charge is 2.28. The van der Waals surface area contributed by atoms with Gasteiger partial charge in [0.05, 0.1) is 17.6 Å². The SMILES string of the molecule is O=C1NC(=S)NC1Cn1c(-c2ccccc2)nc2ccccc21. The maximum Gasteiger partial charge on any atom is 0.250 e. The van der Waals surface area contributed by atoms with Crippen LogP contribution >= 0.6 is 12.2 Å². The molecule has 0 spiro atoms. The van der Waals surface area contributed by atoms with Crippen molar-refractivity contribution in [3.05, 3.63) is 54.6 Å². The van der Waals surface area contributed by atoms with Crippen LogP contribution in [-0.2, 0) is 11.3 Å². The van der Waals surface area contributed by atoms with Gasteiger partial charge in [-0.25, -0.2) is 4.98 Å². The molecule has 1 saturated heterocycles. The second-order valence-corrected chi connectivity index (χ2v) is 5.82. The first-order valence-electron chi connectivity index (χ1n) is 7.34. The van der Waals surface area contributed by atoms with Gasteiger partial charge in [-0.15, -0.1) is 0 Å². The molecule has 2 aromatic carbocycles. The number of benzene rings is 2. The highest BCUT2D eigenvalue weighted by Crippen LogP contribution is 2.25. The van der Waals surface area contributed by atoms with E-state index in [0.29, 0.717) is 11.7 Å². The standard InChI is InChI=1S/C17H14N4OS/c22-16-13(19-17(23)20-16)10-21-14-9-5-4-8-12(14)18-15(21)11-6-2-1-3-7-11/h1-9,13H,10H2,(H2,19,20,22,23). The summed E-state index contributed by atoms with van der Waals surface area (Å²) in [4.78, 5) is 16.7. The summed E-state index contributed by atoms with van der Waals surface area (Å²) in [6, 6.07) is 17.5. The number of imidazole rings is 1. The van der Waals surface area contributed by atoms with Crippen molar-refractivity contribution in [3.8, 4) is 11.4 Å². The zero-order valence-electron chi connectivity index (χ0n) is 12.2. The number of rotatable bonds is 3. The van der Waals surface area contributed by atoms with E-state index in [0.717, 1.165) is 22.4 Å². The number of nitrogens with zero attached hydrogens (tertiary/aromatic N) is 2. The van der Waals surface area contributed by atoms with Gasteiger partial charge in [0.25, 0.3) is 5.91 Å². The van der Waals surface area contributed by atoms with Crippen molar-refractivity contribution in [1.29, 1.82) is 0 Å². The first-order chi connectivity index (χ1) is 11.2. The predicted molar refractivity (Wildman–Crippen MR) is 92.8 cm³/mol. The van der Waals surface area contributed by atoms with Crippen molar-refractivity contribution in [2.75, 3.05) is 0 Å². The van der Waals surface area contributed by atoms with Crippen LogP contribution in [0, 0.1) is 0 Å². The van der Waals surface area contributed by atoms with E-state index in [1.54, 1.807) is 0 Å². The zero-order chi connectivity index (χ0) is 15.8. The van der Waals surface area contributed by atoms with Gasteiger partial charge in [0.15, 0.2) is 5.11 Å². The van der Waals surface area contributed by atoms with Crippen LogP contribution < -0.4 is 10.6 Å². The molecule has 1 amide bonds. The third-order valence-electron chi connectivity index (χ3n) is 3.91. The lowest BCUT2D eigenvalue weighted by Crippen LogP contribution is -2.33. The van der Waals surface area contributed by atoms with Gasteiger partial charge in [0.1, 0.15) is 11.9 Å². The lowest BCUT2D eigenvalue weighted by molar-refractivity contribution is -0.120. The fourth-order valence-electron chi connectivity index (χ4n) is 2.84. The van der Waals surface area contributed by atoms with Gasteiger partial charge in [-0.1, -0.05) is 42.5 Å². The minimum atomic E-state index is -0.387. The summed E-state index contributed by atoms with van der Waals surface area (Å²) >= 11 is 5.02. The number of hydrogen-bond acceptors (Lipinski definition) is 3. The number of thiocarbonyl (C=S) groups is 1. The molecule has 1 atom stereocenters. The largest absolute Gasteiger partial charge is 0.349 e. The fourth-order valence-corrected chi connectivity index (χ4v) is 3.08. The van der Waals surface area contributed by atoms with E-state index in [4.69, 9.17) is 17.2 Å². The topological polar surface area (TPSA) is 59.0 Å². The molecule has 1 aromatic heterocycles. The Morgan fingerprint density at radius 3 is 2.57 bits per heavy atom. The van der Waals surface area contributed by atoms with Crippen molar-refractivity contribution >= 4 is 34.3 Å². The molecule has 4 rings (SSSR count). The molecule has 2 N–H and O–H groups in total. The number of hydrogen-bond donors (Lipinski definition) is 2. The summed E-state index contributed by atoms with van der Waals surface area (Å²) in [6.07, 6.45) is 0. The molecule has 1 aliphatic rings. The molecule has 0 saturated carbocycles. The van der Waals surface area contributed by atoms with Crippen LogP contribution in [0.4, 0.5) is 0 Å². The zero-order valence-corrected chi connectivity index (χ0v) is 13.0. The fraction of sp³-hybridized carbons (Fsp3) is 0.118. The molecule has 1 aliphatic heterocycles. The first kappa shape index (κ1) is 13.9. The Morgan fingerprint density at radius 1 is 1.09 bits per heavy atom. The number of carbonyl (C=O) groups excluding carboxylic acids is 1. The highest BCUT2D eigenvalue weighted by atomic mass is 32.1. The number of fused-ring (bicyclic) bond motifs is 1. The monoisotopic (exact) mass is 322 g/mol. The van der Waals surface area contributed by atoms with Crippen LogP contribution in [0.2, 0.25) is 0 Å². The molecule has 0 aliphatic carbocycles. The van der Waals surface area contributed by atoms with Crippen molar-refractivity contribution in [1.82, 2.24) is 20.2 Å². The van der Waals surface area contributed by atoms with Crippen molar-refractivity contribution in [3.63, 3.8) is 0 Å². The molecule has 0 bridgehead atoms. The summed E-state index contributed by atoms with van der Waals surface area (Å²) in [5.41, 5.74) is 2.93. The number of carbonyl (C=O) groups is 1. The van der Waals surface area contributed by atoms with Crippen LogP contribution in [0.1, 0.15) is 0 Å². The molecule has 1 fully saturated rings. The molecule has 1 unspecified atom stereocenters. The molecular weight excluding hydrogens is 308 g/mol. The quantitative estimate of drug-likeness (QED) is 0.725. The van der Waals surface area contributed by atoms with Crippen LogP contribution in [0.3, 0.4) is 0 Å². The van der Waals surface area contributed by atoms with Crippen molar-refractivity contribution in [2.24, 2.45) is 0 Å². The van der Waals surface area contributed by atoms with E-state index in [2.05, 4.69) is 15.2 Å². The molecule has 3 aromatic rings. The lowest BCUT2D eigenvalue weighted by Gasteiger charge is -2.13. The van der Waals surface area contributed by atoms with E-state index < -0.39 is 0 Å². The molecule has 5 nitrogen and oxygen atoms in total. The normalized spacial score (nSPS) is 17.3. The molecule has 0 radical (unpaired) electrons. The number of nitrogens with one attached hydrogen (secondary N) is 2. The predicted octanol–water partition coefficient (Wildman–Crippen LogP) is 2.08. The first-order valence-corrected chi connectivity index (χ1v) is 7.75. The minimum absolute atomic E-state index is 0.105. The van der Waals surface area contributed by atoms with Crippen LogP contribution in [-0.4, -0.2) is 26.6 Å². The Labute approximate surface area is 138 Å². The van der Waals surface area contributed by atoms with Gasteiger partial charge < -0.3 is 15.2 Å². The van der Waals surface area contributed by atoms with E-state index in [9.17, 15) is 4.79 Å². The molecule has 23 heavy (non-hydrogen) atoms. The summed E-state index contributed by atoms with van der Waals surface area (Å²) in [7, 11) is 0. The average molecular weight is 322 g/mol. The van der Waals surface area contributed by atoms with Crippen LogP contribution in [0.5, 0.6) is 0 Å². The second-order valence-electron chi connectivity index (χ2n) is 5.42. The average Bonchev–Trinajstić information content (AvgIpc) is 3.09. The van der Waals surface area contributed by atoms with Gasteiger partial charge in [-0.05, 0) is 24.4 Å². The van der Waals surface area contributed by atoms with E-state index in [1.165, 1.54) is 0 Å². The minimum Gasteiger partial charge on any atom is -0.349 e. The van der Waals surface area contributed by atoms with Gasteiger partial charge >= 0.3 is 0 Å². The summed E-state index contributed by atoms with van der Waals surface area (Å²) in [5, 5.41) is 6.02. The molecule has 6 heteroatoms. The Hall–Kier alpha value is -2.73. The molecule has 2 heterocycles. The Kier molecular flexibility index (Phi) is 3.31. The maximum absolute atomic E-state index is 12.0. The second kappa shape index (κ2) is 5.48. The maximum atomic E-state index is 12.0. The van der Waals surface area contributed by atoms with Crippen molar-refractivity contribution in [2.45, 2.75) is 12.6 Å². The van der Waals surface area contributed by atoms with E-state index in [1.807, 2.05) is 54.6 Å². The van der Waals surface area contributed by atoms with Gasteiger partial charge in [0, 0.05) is 5.56 Å². The van der Waals surface area contributed by atoms with Gasteiger partial charge in [-0.2, -0.15) is 0 Å². The third-order valence-corrected chi connectivity index (χ3v) is 4.13. The molecule has 114 valence electrons. The highest BCUT2D eigenvalue weighted by molar-refractivity contribution is 7.80. The Morgan fingerprint density at radius 2 is 1.83 bits per heavy atom. The summed E-state index contributed by atoms with van der Waals surface area (Å²) < 4.78 is 2.07. The van der Waals surface area contributed by atoms with Gasteiger partial charge in [-0.3, -0.25) is 4.79 Å². The summed E-state index contributed by atoms with van der Waals surface area (Å²) in [6.45, 7) is 0.469. The number of para-hydroxylation sites is 2. The van der Waals surface area contributed by atoms with Crippen LogP contribution in [0.15, 0.2) is 54.6 Å². The smallest absolute Gasteiger partial charge is 0.250 e. The Balaban J connectivity index is 1.83. The molecular formula is C17H14N4OS. The van der Waals surface area contributed by atoms with Crippen LogP contribution in [0.25, 0.3) is 22.4 Å². The van der Waals surface area contributed by atoms with E-state index in [-0.39, 0.29) is 11.9 Å². The van der Waals surface area contributed by atoms with E-state index >= 15 is 0 Å². The summed E-state index contributed by atoms with van der Waals surface area (Å²) in [5.74, 6) is 0.742. The van der Waals surface area contributed by atoms with Crippen molar-refractivity contribution < 1.29 is 4.79 Å². The Bertz CT molecular complexity index is 903. The number of aromatic nitrogens is 2. The number of amides is 1.